The second kappa shape index (κ2) is 10.4. The second-order valence-electron chi connectivity index (χ2n) is 8.83. The molecular weight excluding hydrogens is 501 g/mol. The summed E-state index contributed by atoms with van der Waals surface area (Å²) in [4.78, 5) is 13.0. The lowest BCUT2D eigenvalue weighted by molar-refractivity contribution is -0.119. The van der Waals surface area contributed by atoms with Gasteiger partial charge in [0.2, 0.25) is 0 Å². The van der Waals surface area contributed by atoms with Gasteiger partial charge in [0.05, 0.1) is 16.8 Å². The Bertz CT molecular complexity index is 1710. The molecule has 0 aliphatic rings. The maximum atomic E-state index is 13.6. The molecule has 0 heterocycles. The molecular formula is C30H24FN3O3S. The molecule has 8 heteroatoms. The van der Waals surface area contributed by atoms with Crippen molar-refractivity contribution in [3.8, 4) is 0 Å². The maximum Gasteiger partial charge on any atom is 0.264 e. The zero-order valence-electron chi connectivity index (χ0n) is 20.5. The van der Waals surface area contributed by atoms with Crippen molar-refractivity contribution in [3.63, 3.8) is 0 Å². The highest BCUT2D eigenvalue weighted by Crippen LogP contribution is 2.27. The molecule has 0 aliphatic heterocycles. The van der Waals surface area contributed by atoms with Crippen molar-refractivity contribution in [1.29, 1.82) is 0 Å². The zero-order chi connectivity index (χ0) is 26.7. The molecule has 0 fully saturated rings. The normalized spacial score (nSPS) is 11.7. The fourth-order valence-electron chi connectivity index (χ4n) is 4.28. The van der Waals surface area contributed by atoms with Gasteiger partial charge in [-0.25, -0.2) is 18.2 Å². The van der Waals surface area contributed by atoms with Crippen LogP contribution in [0.3, 0.4) is 0 Å². The van der Waals surface area contributed by atoms with Gasteiger partial charge in [0, 0.05) is 5.56 Å². The SMILES string of the molecule is Cc1ccc(S(=O)(=O)N(CC(=O)NN=Cc2c3ccccc3cc3ccccc23)c2ccc(F)cc2)cc1. The molecule has 1 N–H and O–H groups in total. The number of benzene rings is 5. The fourth-order valence-corrected chi connectivity index (χ4v) is 5.70. The number of nitrogens with one attached hydrogen (secondary N) is 1. The summed E-state index contributed by atoms with van der Waals surface area (Å²) in [6.45, 7) is 1.30. The third-order valence-corrected chi connectivity index (χ3v) is 7.99. The second-order valence-corrected chi connectivity index (χ2v) is 10.7. The van der Waals surface area contributed by atoms with Crippen molar-refractivity contribution < 1.29 is 17.6 Å². The van der Waals surface area contributed by atoms with Gasteiger partial charge in [-0.1, -0.05) is 66.2 Å². The maximum absolute atomic E-state index is 13.6. The number of hydrogen-bond donors (Lipinski definition) is 1. The number of hydrazone groups is 1. The van der Waals surface area contributed by atoms with E-state index in [1.807, 2.05) is 55.5 Å². The summed E-state index contributed by atoms with van der Waals surface area (Å²) in [5, 5.41) is 8.17. The van der Waals surface area contributed by atoms with Crippen LogP contribution in [-0.2, 0) is 14.8 Å². The molecule has 6 nitrogen and oxygen atoms in total. The summed E-state index contributed by atoms with van der Waals surface area (Å²) in [7, 11) is -4.12. The molecule has 0 atom stereocenters. The van der Waals surface area contributed by atoms with E-state index in [4.69, 9.17) is 0 Å². The van der Waals surface area contributed by atoms with Crippen molar-refractivity contribution in [2.75, 3.05) is 10.8 Å². The molecule has 0 unspecified atom stereocenters. The first-order valence-corrected chi connectivity index (χ1v) is 13.3. The van der Waals surface area contributed by atoms with E-state index < -0.39 is 28.3 Å². The first-order chi connectivity index (χ1) is 18.3. The lowest BCUT2D eigenvalue weighted by Gasteiger charge is -2.23. The van der Waals surface area contributed by atoms with Gasteiger partial charge in [0.1, 0.15) is 12.4 Å². The predicted octanol–water partition coefficient (Wildman–Crippen LogP) is 5.79. The third kappa shape index (κ3) is 5.12. The molecule has 0 aromatic heterocycles. The highest BCUT2D eigenvalue weighted by molar-refractivity contribution is 7.92. The van der Waals surface area contributed by atoms with E-state index in [1.165, 1.54) is 24.3 Å². The first kappa shape index (κ1) is 25.1. The van der Waals surface area contributed by atoms with Gasteiger partial charge in [-0.05, 0) is 70.9 Å². The molecule has 1 amide bonds. The summed E-state index contributed by atoms with van der Waals surface area (Å²) in [5.41, 5.74) is 4.34. The van der Waals surface area contributed by atoms with E-state index in [0.29, 0.717) is 0 Å². The topological polar surface area (TPSA) is 78.8 Å². The van der Waals surface area contributed by atoms with Crippen LogP contribution < -0.4 is 9.73 Å². The molecule has 5 aromatic carbocycles. The van der Waals surface area contributed by atoms with E-state index in [-0.39, 0.29) is 10.6 Å². The number of anilines is 1. The Hall–Kier alpha value is -4.56. The van der Waals surface area contributed by atoms with Gasteiger partial charge in [-0.2, -0.15) is 5.10 Å². The zero-order valence-corrected chi connectivity index (χ0v) is 21.3. The Morgan fingerprint density at radius 3 is 2.05 bits per heavy atom. The predicted molar refractivity (Wildman–Crippen MR) is 149 cm³/mol. The Labute approximate surface area is 220 Å². The number of carbonyl (C=O) groups is 1. The Morgan fingerprint density at radius 1 is 0.868 bits per heavy atom. The van der Waals surface area contributed by atoms with Crippen LogP contribution in [-0.4, -0.2) is 27.1 Å². The molecule has 38 heavy (non-hydrogen) atoms. The first-order valence-electron chi connectivity index (χ1n) is 11.9. The summed E-state index contributed by atoms with van der Waals surface area (Å²) in [6, 6.07) is 29.1. The van der Waals surface area contributed by atoms with Crippen molar-refractivity contribution in [3.05, 3.63) is 120 Å². The Morgan fingerprint density at radius 2 is 1.45 bits per heavy atom. The third-order valence-electron chi connectivity index (χ3n) is 6.21. The van der Waals surface area contributed by atoms with Crippen LogP contribution >= 0.6 is 0 Å². The number of amides is 1. The van der Waals surface area contributed by atoms with Gasteiger partial charge in [0.15, 0.2) is 0 Å². The number of aryl methyl sites for hydroxylation is 1. The van der Waals surface area contributed by atoms with Crippen LogP contribution in [0.15, 0.2) is 113 Å². The van der Waals surface area contributed by atoms with E-state index >= 15 is 0 Å². The average molecular weight is 526 g/mol. The summed E-state index contributed by atoms with van der Waals surface area (Å²) < 4.78 is 41.4. The number of halogens is 1. The number of carbonyl (C=O) groups excluding carboxylic acids is 1. The monoisotopic (exact) mass is 525 g/mol. The van der Waals surface area contributed by atoms with Gasteiger partial charge in [-0.15, -0.1) is 0 Å². The minimum absolute atomic E-state index is 0.0194. The van der Waals surface area contributed by atoms with Gasteiger partial charge in [-0.3, -0.25) is 9.10 Å². The van der Waals surface area contributed by atoms with Crippen LogP contribution in [0.5, 0.6) is 0 Å². The summed E-state index contributed by atoms with van der Waals surface area (Å²) in [5.74, 6) is -1.16. The van der Waals surface area contributed by atoms with Gasteiger partial charge >= 0.3 is 0 Å². The molecule has 0 saturated heterocycles. The molecule has 190 valence electrons. The quantitative estimate of drug-likeness (QED) is 0.166. The number of nitrogens with zero attached hydrogens (tertiary/aromatic N) is 2. The van der Waals surface area contributed by atoms with Crippen molar-refractivity contribution in [2.24, 2.45) is 5.10 Å². The lowest BCUT2D eigenvalue weighted by Crippen LogP contribution is -2.39. The smallest absolute Gasteiger partial charge is 0.264 e. The molecule has 5 rings (SSSR count). The van der Waals surface area contributed by atoms with Crippen LogP contribution in [0.1, 0.15) is 11.1 Å². The van der Waals surface area contributed by atoms with Crippen LogP contribution in [0.2, 0.25) is 0 Å². The minimum atomic E-state index is -4.12. The largest absolute Gasteiger partial charge is 0.271 e. The standard InChI is InChI=1S/C30H24FN3O3S/c1-21-10-16-26(17-11-21)38(36,37)34(25-14-12-24(31)13-15-25)20-30(35)33-32-19-29-27-8-4-2-6-22(27)18-23-7-3-5-9-28(23)29/h2-19H,20H2,1H3,(H,33,35). The number of fused-ring (bicyclic) bond motifs is 2. The minimum Gasteiger partial charge on any atom is -0.271 e. The van der Waals surface area contributed by atoms with Gasteiger partial charge in [0.25, 0.3) is 15.9 Å². The van der Waals surface area contributed by atoms with Crippen LogP contribution in [0, 0.1) is 12.7 Å². The highest BCUT2D eigenvalue weighted by atomic mass is 32.2. The summed E-state index contributed by atoms with van der Waals surface area (Å²) in [6.07, 6.45) is 1.57. The Kier molecular flexibility index (Phi) is 6.89. The number of sulfonamides is 1. The van der Waals surface area contributed by atoms with E-state index in [1.54, 1.807) is 18.3 Å². The fraction of sp³-hybridized carbons (Fsp3) is 0.0667. The molecule has 0 saturated carbocycles. The Balaban J connectivity index is 1.44. The summed E-state index contributed by atoms with van der Waals surface area (Å²) >= 11 is 0. The number of rotatable bonds is 7. The van der Waals surface area contributed by atoms with Crippen LogP contribution in [0.4, 0.5) is 10.1 Å². The molecule has 0 bridgehead atoms. The highest BCUT2D eigenvalue weighted by Gasteiger charge is 2.27. The van der Waals surface area contributed by atoms with Crippen molar-refractivity contribution in [1.82, 2.24) is 5.43 Å². The average Bonchev–Trinajstić information content (AvgIpc) is 2.92. The van der Waals surface area contributed by atoms with Crippen molar-refractivity contribution >= 4 is 49.4 Å². The van der Waals surface area contributed by atoms with E-state index in [9.17, 15) is 17.6 Å². The lowest BCUT2D eigenvalue weighted by atomic mass is 9.97. The van der Waals surface area contributed by atoms with Gasteiger partial charge < -0.3 is 0 Å². The van der Waals surface area contributed by atoms with Crippen molar-refractivity contribution in [2.45, 2.75) is 11.8 Å². The molecule has 0 aliphatic carbocycles. The van der Waals surface area contributed by atoms with E-state index in [2.05, 4.69) is 16.6 Å². The molecule has 0 radical (unpaired) electrons. The van der Waals surface area contributed by atoms with Crippen LogP contribution in [0.25, 0.3) is 21.5 Å². The molecule has 5 aromatic rings. The molecule has 0 spiro atoms. The number of hydrogen-bond acceptors (Lipinski definition) is 4. The van der Waals surface area contributed by atoms with E-state index in [0.717, 1.165) is 49.1 Å².